The molecule has 0 aliphatic carbocycles. The molecule has 0 saturated carbocycles. The summed E-state index contributed by atoms with van der Waals surface area (Å²) in [5.41, 5.74) is 5.98. The third-order valence-corrected chi connectivity index (χ3v) is 3.71. The third kappa shape index (κ3) is 5.36. The van der Waals surface area contributed by atoms with Crippen LogP contribution in [0.1, 0.15) is 47.0 Å². The molecular weight excluding hydrogens is 212 g/mol. The molecular formula is C14H30N2O. The van der Waals surface area contributed by atoms with Gasteiger partial charge in [0.2, 0.25) is 0 Å². The Morgan fingerprint density at radius 2 is 2.00 bits per heavy atom. The van der Waals surface area contributed by atoms with E-state index in [1.807, 2.05) is 0 Å². The normalized spacial score (nSPS) is 24.5. The van der Waals surface area contributed by atoms with Crippen LogP contribution in [0.4, 0.5) is 0 Å². The van der Waals surface area contributed by atoms with Crippen molar-refractivity contribution in [2.75, 3.05) is 26.3 Å². The van der Waals surface area contributed by atoms with Gasteiger partial charge in [-0.15, -0.1) is 0 Å². The highest BCUT2D eigenvalue weighted by Crippen LogP contribution is 2.21. The van der Waals surface area contributed by atoms with Crippen LogP contribution in [0.25, 0.3) is 0 Å². The fraction of sp³-hybridized carbons (Fsp3) is 1.00. The summed E-state index contributed by atoms with van der Waals surface area (Å²) in [5.74, 6) is 0.756. The quantitative estimate of drug-likeness (QED) is 0.776. The van der Waals surface area contributed by atoms with Gasteiger partial charge in [0.15, 0.2) is 0 Å². The second-order valence-corrected chi connectivity index (χ2v) is 6.32. The Bertz CT molecular complexity index is 216. The smallest absolute Gasteiger partial charge is 0.0645 e. The minimum Gasteiger partial charge on any atom is -0.378 e. The fourth-order valence-corrected chi connectivity index (χ4v) is 2.48. The third-order valence-electron chi connectivity index (χ3n) is 3.71. The van der Waals surface area contributed by atoms with Gasteiger partial charge in [-0.2, -0.15) is 0 Å². The number of nitrogens with zero attached hydrogens (tertiary/aromatic N) is 1. The maximum absolute atomic E-state index is 5.78. The largest absolute Gasteiger partial charge is 0.378 e. The summed E-state index contributed by atoms with van der Waals surface area (Å²) in [6.45, 7) is 13.0. The highest BCUT2D eigenvalue weighted by molar-refractivity contribution is 4.85. The second-order valence-electron chi connectivity index (χ2n) is 6.32. The average molecular weight is 242 g/mol. The molecule has 0 radical (unpaired) electrons. The molecule has 0 aromatic rings. The first-order chi connectivity index (χ1) is 7.92. The molecule has 1 aliphatic heterocycles. The van der Waals surface area contributed by atoms with Crippen LogP contribution in [-0.2, 0) is 4.74 Å². The first-order valence-electron chi connectivity index (χ1n) is 7.00. The molecule has 1 aliphatic rings. The van der Waals surface area contributed by atoms with E-state index in [4.69, 9.17) is 10.5 Å². The zero-order valence-corrected chi connectivity index (χ0v) is 12.0. The molecule has 3 nitrogen and oxygen atoms in total. The topological polar surface area (TPSA) is 38.5 Å². The van der Waals surface area contributed by atoms with Crippen molar-refractivity contribution < 1.29 is 4.74 Å². The summed E-state index contributed by atoms with van der Waals surface area (Å²) in [6.07, 6.45) is 3.69. The van der Waals surface area contributed by atoms with Gasteiger partial charge in [-0.05, 0) is 39.5 Å². The van der Waals surface area contributed by atoms with Gasteiger partial charge in [0.1, 0.15) is 0 Å². The number of ether oxygens (including phenoxy) is 1. The summed E-state index contributed by atoms with van der Waals surface area (Å²) >= 11 is 0. The number of rotatable bonds is 6. The second kappa shape index (κ2) is 6.72. The predicted octanol–water partition coefficient (Wildman–Crippen LogP) is 2.25. The van der Waals surface area contributed by atoms with E-state index in [0.717, 1.165) is 32.1 Å². The van der Waals surface area contributed by atoms with Crippen LogP contribution < -0.4 is 5.73 Å². The molecule has 3 heteroatoms. The molecule has 1 fully saturated rings. The van der Waals surface area contributed by atoms with E-state index < -0.39 is 0 Å². The molecule has 0 aromatic carbocycles. The minimum atomic E-state index is 0.202. The van der Waals surface area contributed by atoms with Gasteiger partial charge < -0.3 is 10.5 Å². The van der Waals surface area contributed by atoms with Crippen molar-refractivity contribution in [1.29, 1.82) is 0 Å². The number of hydrogen-bond acceptors (Lipinski definition) is 3. The molecule has 0 amide bonds. The predicted molar refractivity (Wildman–Crippen MR) is 73.1 cm³/mol. The Labute approximate surface area is 107 Å². The van der Waals surface area contributed by atoms with E-state index in [2.05, 4.69) is 32.6 Å². The Morgan fingerprint density at radius 3 is 2.59 bits per heavy atom. The first-order valence-corrected chi connectivity index (χ1v) is 7.00. The van der Waals surface area contributed by atoms with Crippen molar-refractivity contribution in [2.24, 2.45) is 11.7 Å². The molecule has 102 valence electrons. The van der Waals surface area contributed by atoms with E-state index >= 15 is 0 Å². The van der Waals surface area contributed by atoms with Crippen LogP contribution in [0, 0.1) is 5.92 Å². The number of nitrogens with two attached hydrogens (primary N) is 1. The molecule has 2 N–H and O–H groups in total. The Hall–Kier alpha value is -0.120. The molecule has 0 aromatic heterocycles. The van der Waals surface area contributed by atoms with Gasteiger partial charge in [-0.3, -0.25) is 4.90 Å². The molecule has 1 saturated heterocycles. The van der Waals surface area contributed by atoms with Gasteiger partial charge in [0, 0.05) is 24.7 Å². The summed E-state index contributed by atoms with van der Waals surface area (Å²) in [7, 11) is 0. The van der Waals surface area contributed by atoms with Gasteiger partial charge in [-0.1, -0.05) is 13.3 Å². The van der Waals surface area contributed by atoms with Crippen molar-refractivity contribution >= 4 is 0 Å². The van der Waals surface area contributed by atoms with Crippen molar-refractivity contribution in [1.82, 2.24) is 4.90 Å². The van der Waals surface area contributed by atoms with Crippen LogP contribution in [0.3, 0.4) is 0 Å². The van der Waals surface area contributed by atoms with E-state index in [1.54, 1.807) is 0 Å². The van der Waals surface area contributed by atoms with Crippen LogP contribution in [0.5, 0.6) is 0 Å². The van der Waals surface area contributed by atoms with E-state index in [1.165, 1.54) is 19.4 Å². The van der Waals surface area contributed by atoms with Gasteiger partial charge in [-0.25, -0.2) is 0 Å². The van der Waals surface area contributed by atoms with Crippen LogP contribution >= 0.6 is 0 Å². The average Bonchev–Trinajstić information content (AvgIpc) is 2.20. The SMILES string of the molecule is CC(N)CCCC(C)CN1CCOCC1(C)C. The van der Waals surface area contributed by atoms with Crippen LogP contribution in [-0.4, -0.2) is 42.8 Å². The zero-order valence-electron chi connectivity index (χ0n) is 12.0. The van der Waals surface area contributed by atoms with Crippen LogP contribution in [0.2, 0.25) is 0 Å². The Kier molecular flexibility index (Phi) is 5.90. The van der Waals surface area contributed by atoms with Gasteiger partial charge >= 0.3 is 0 Å². The lowest BCUT2D eigenvalue weighted by molar-refractivity contribution is -0.0567. The molecule has 0 spiro atoms. The Morgan fingerprint density at radius 1 is 1.29 bits per heavy atom. The lowest BCUT2D eigenvalue weighted by Gasteiger charge is -2.43. The highest BCUT2D eigenvalue weighted by atomic mass is 16.5. The minimum absolute atomic E-state index is 0.202. The lowest BCUT2D eigenvalue weighted by atomic mass is 9.97. The number of hydrogen-bond donors (Lipinski definition) is 1. The zero-order chi connectivity index (χ0) is 12.9. The monoisotopic (exact) mass is 242 g/mol. The van der Waals surface area contributed by atoms with Crippen LogP contribution in [0.15, 0.2) is 0 Å². The molecule has 2 unspecified atom stereocenters. The van der Waals surface area contributed by atoms with E-state index in [9.17, 15) is 0 Å². The van der Waals surface area contributed by atoms with Crippen molar-refractivity contribution in [2.45, 2.75) is 58.5 Å². The van der Waals surface area contributed by atoms with Gasteiger partial charge in [0.25, 0.3) is 0 Å². The van der Waals surface area contributed by atoms with Crippen molar-refractivity contribution in [3.8, 4) is 0 Å². The maximum atomic E-state index is 5.78. The Balaban J connectivity index is 2.27. The summed E-state index contributed by atoms with van der Waals surface area (Å²) in [4.78, 5) is 2.58. The summed E-state index contributed by atoms with van der Waals surface area (Å²) in [5, 5.41) is 0. The summed E-state index contributed by atoms with van der Waals surface area (Å²) in [6, 6.07) is 0.349. The highest BCUT2D eigenvalue weighted by Gasteiger charge is 2.30. The summed E-state index contributed by atoms with van der Waals surface area (Å²) < 4.78 is 5.55. The maximum Gasteiger partial charge on any atom is 0.0645 e. The first kappa shape index (κ1) is 14.9. The van der Waals surface area contributed by atoms with E-state index in [0.29, 0.717) is 6.04 Å². The lowest BCUT2D eigenvalue weighted by Crippen LogP contribution is -2.54. The van der Waals surface area contributed by atoms with Crippen molar-refractivity contribution in [3.05, 3.63) is 0 Å². The molecule has 17 heavy (non-hydrogen) atoms. The molecule has 0 bridgehead atoms. The molecule has 1 heterocycles. The van der Waals surface area contributed by atoms with Gasteiger partial charge in [0.05, 0.1) is 13.2 Å². The molecule has 1 rings (SSSR count). The molecule has 2 atom stereocenters. The number of morpholine rings is 1. The van der Waals surface area contributed by atoms with Crippen molar-refractivity contribution in [3.63, 3.8) is 0 Å². The van der Waals surface area contributed by atoms with E-state index in [-0.39, 0.29) is 5.54 Å². The standard InChI is InChI=1S/C14H30N2O/c1-12(6-5-7-13(2)15)10-16-8-9-17-11-14(16,3)4/h12-13H,5-11,15H2,1-4H3. The fourth-order valence-electron chi connectivity index (χ4n) is 2.48.